The summed E-state index contributed by atoms with van der Waals surface area (Å²) in [5, 5.41) is 8.48. The zero-order chi connectivity index (χ0) is 27.4. The topological polar surface area (TPSA) is 67.2 Å². The van der Waals surface area contributed by atoms with Gasteiger partial charge in [0.25, 0.3) is 5.91 Å². The number of hydrogen-bond donors (Lipinski definition) is 1. The van der Waals surface area contributed by atoms with Gasteiger partial charge in [-0.3, -0.25) is 9.59 Å². The molecule has 3 aromatic carbocycles. The zero-order valence-electron chi connectivity index (χ0n) is 21.2. The average molecular weight is 614 g/mol. The highest BCUT2D eigenvalue weighted by molar-refractivity contribution is 9.10. The van der Waals surface area contributed by atoms with E-state index >= 15 is 0 Å². The summed E-state index contributed by atoms with van der Waals surface area (Å²) in [6.07, 6.45) is 0. The molecule has 0 aliphatic rings. The standard InChI is InChI=1S/C29H27BrCl2N4O2/c1-29(2,3)25-16-26(36(34-25)22-12-13-23(31)24(32)15-22)33-27(37)18-35(17-19-8-5-4-6-9-19)28(38)20-10-7-11-21(30)14-20/h4-16H,17-18H2,1-3H3,(H,33,37). The molecule has 0 fully saturated rings. The summed E-state index contributed by atoms with van der Waals surface area (Å²) in [5.41, 5.74) is 2.57. The van der Waals surface area contributed by atoms with Crippen LogP contribution in [0.3, 0.4) is 0 Å². The molecular weight excluding hydrogens is 587 g/mol. The fourth-order valence-electron chi connectivity index (χ4n) is 3.81. The van der Waals surface area contributed by atoms with E-state index in [4.69, 9.17) is 28.3 Å². The second-order valence-corrected chi connectivity index (χ2v) is 11.6. The Morgan fingerprint density at radius 3 is 2.34 bits per heavy atom. The average Bonchev–Trinajstić information content (AvgIpc) is 3.30. The number of aromatic nitrogens is 2. The lowest BCUT2D eigenvalue weighted by molar-refractivity contribution is -0.117. The van der Waals surface area contributed by atoms with Crippen LogP contribution in [-0.4, -0.2) is 33.0 Å². The summed E-state index contributed by atoms with van der Waals surface area (Å²) < 4.78 is 2.41. The number of amides is 2. The monoisotopic (exact) mass is 612 g/mol. The maximum Gasteiger partial charge on any atom is 0.254 e. The maximum absolute atomic E-state index is 13.5. The van der Waals surface area contributed by atoms with Crippen LogP contribution in [0.15, 0.2) is 83.3 Å². The van der Waals surface area contributed by atoms with Crippen molar-refractivity contribution in [2.24, 2.45) is 0 Å². The predicted molar refractivity (Wildman–Crippen MR) is 156 cm³/mol. The van der Waals surface area contributed by atoms with Gasteiger partial charge in [0.05, 0.1) is 21.4 Å². The summed E-state index contributed by atoms with van der Waals surface area (Å²) in [6, 6.07) is 23.7. The Labute approximate surface area is 240 Å². The number of halogens is 3. The molecular formula is C29H27BrCl2N4O2. The number of hydrogen-bond acceptors (Lipinski definition) is 3. The fraction of sp³-hybridized carbons (Fsp3) is 0.207. The molecule has 0 spiro atoms. The van der Waals surface area contributed by atoms with Crippen molar-refractivity contribution in [1.82, 2.24) is 14.7 Å². The largest absolute Gasteiger partial charge is 0.325 e. The normalized spacial score (nSPS) is 11.3. The molecule has 2 amide bonds. The molecule has 0 atom stereocenters. The molecule has 4 rings (SSSR count). The van der Waals surface area contributed by atoms with E-state index in [1.165, 1.54) is 4.90 Å². The van der Waals surface area contributed by atoms with Crippen molar-refractivity contribution in [3.63, 3.8) is 0 Å². The van der Waals surface area contributed by atoms with Gasteiger partial charge in [-0.2, -0.15) is 5.10 Å². The highest BCUT2D eigenvalue weighted by atomic mass is 79.9. The van der Waals surface area contributed by atoms with E-state index in [1.54, 1.807) is 41.1 Å². The molecule has 0 saturated heterocycles. The molecule has 0 unspecified atom stereocenters. The molecule has 1 aromatic heterocycles. The Balaban J connectivity index is 1.63. The first-order valence-electron chi connectivity index (χ1n) is 12.0. The molecule has 0 radical (unpaired) electrons. The molecule has 0 aliphatic heterocycles. The predicted octanol–water partition coefficient (Wildman–Crippen LogP) is 7.52. The molecule has 6 nitrogen and oxygen atoms in total. The molecule has 0 saturated carbocycles. The van der Waals surface area contributed by atoms with Crippen molar-refractivity contribution in [1.29, 1.82) is 0 Å². The molecule has 1 N–H and O–H groups in total. The minimum absolute atomic E-state index is 0.155. The van der Waals surface area contributed by atoms with E-state index in [1.807, 2.05) is 63.2 Å². The van der Waals surface area contributed by atoms with Gasteiger partial charge in [-0.25, -0.2) is 4.68 Å². The molecule has 4 aromatic rings. The van der Waals surface area contributed by atoms with E-state index in [0.29, 0.717) is 27.1 Å². The van der Waals surface area contributed by atoms with Gasteiger partial charge < -0.3 is 10.2 Å². The number of rotatable bonds is 7. The number of nitrogens with one attached hydrogen (secondary N) is 1. The smallest absolute Gasteiger partial charge is 0.254 e. The molecule has 196 valence electrons. The van der Waals surface area contributed by atoms with Gasteiger partial charge in [-0.05, 0) is 42.0 Å². The van der Waals surface area contributed by atoms with Crippen molar-refractivity contribution in [3.05, 3.63) is 110 Å². The van der Waals surface area contributed by atoms with Crippen LogP contribution in [0, 0.1) is 0 Å². The number of benzene rings is 3. The van der Waals surface area contributed by atoms with Crippen molar-refractivity contribution >= 4 is 56.8 Å². The molecule has 0 bridgehead atoms. The number of carbonyl (C=O) groups is 2. The van der Waals surface area contributed by atoms with Crippen LogP contribution in [0.4, 0.5) is 5.82 Å². The van der Waals surface area contributed by atoms with E-state index in [0.717, 1.165) is 15.7 Å². The molecule has 1 heterocycles. The Bertz CT molecular complexity index is 1470. The van der Waals surface area contributed by atoms with Crippen LogP contribution >= 0.6 is 39.1 Å². The highest BCUT2D eigenvalue weighted by Gasteiger charge is 2.24. The third-order valence-electron chi connectivity index (χ3n) is 5.80. The van der Waals surface area contributed by atoms with Crippen LogP contribution in [0.25, 0.3) is 5.69 Å². The van der Waals surface area contributed by atoms with Crippen LogP contribution in [0.2, 0.25) is 10.0 Å². The van der Waals surface area contributed by atoms with Crippen molar-refractivity contribution in [3.8, 4) is 5.69 Å². The van der Waals surface area contributed by atoms with Gasteiger partial charge in [0.15, 0.2) is 0 Å². The Morgan fingerprint density at radius 1 is 0.947 bits per heavy atom. The summed E-state index contributed by atoms with van der Waals surface area (Å²) >= 11 is 15.8. The lowest BCUT2D eigenvalue weighted by Gasteiger charge is -2.23. The molecule has 0 aliphatic carbocycles. The van der Waals surface area contributed by atoms with Crippen LogP contribution in [0.5, 0.6) is 0 Å². The number of nitrogens with zero attached hydrogens (tertiary/aromatic N) is 3. The van der Waals surface area contributed by atoms with Crippen LogP contribution in [-0.2, 0) is 16.8 Å². The Hall–Kier alpha value is -3.13. The lowest BCUT2D eigenvalue weighted by atomic mass is 9.92. The summed E-state index contributed by atoms with van der Waals surface area (Å²) in [7, 11) is 0. The number of anilines is 1. The molecule has 38 heavy (non-hydrogen) atoms. The first-order valence-corrected chi connectivity index (χ1v) is 13.5. The van der Waals surface area contributed by atoms with Gasteiger partial charge in [0.1, 0.15) is 12.4 Å². The highest BCUT2D eigenvalue weighted by Crippen LogP contribution is 2.29. The van der Waals surface area contributed by atoms with Crippen molar-refractivity contribution in [2.45, 2.75) is 32.7 Å². The second kappa shape index (κ2) is 11.7. The molecule has 9 heteroatoms. The van der Waals surface area contributed by atoms with Crippen LogP contribution < -0.4 is 5.32 Å². The van der Waals surface area contributed by atoms with E-state index in [9.17, 15) is 9.59 Å². The van der Waals surface area contributed by atoms with Crippen molar-refractivity contribution in [2.75, 3.05) is 11.9 Å². The minimum Gasteiger partial charge on any atom is -0.325 e. The third-order valence-corrected chi connectivity index (χ3v) is 7.03. The van der Waals surface area contributed by atoms with Gasteiger partial charge in [0, 0.05) is 28.1 Å². The van der Waals surface area contributed by atoms with Crippen molar-refractivity contribution < 1.29 is 9.59 Å². The number of carbonyl (C=O) groups excluding carboxylic acids is 2. The van der Waals surface area contributed by atoms with E-state index in [-0.39, 0.29) is 30.3 Å². The first kappa shape index (κ1) is 27.9. The Kier molecular flexibility index (Phi) is 8.61. The van der Waals surface area contributed by atoms with Crippen LogP contribution in [0.1, 0.15) is 42.4 Å². The summed E-state index contributed by atoms with van der Waals surface area (Å²) in [4.78, 5) is 28.4. The van der Waals surface area contributed by atoms with Gasteiger partial charge in [-0.1, -0.05) is 96.3 Å². The Morgan fingerprint density at radius 2 is 1.68 bits per heavy atom. The quantitative estimate of drug-likeness (QED) is 0.234. The SMILES string of the molecule is CC(C)(C)c1cc(NC(=O)CN(Cc2ccccc2)C(=O)c2cccc(Br)c2)n(-c2ccc(Cl)c(Cl)c2)n1. The third kappa shape index (κ3) is 6.84. The van der Waals surface area contributed by atoms with Gasteiger partial charge >= 0.3 is 0 Å². The first-order chi connectivity index (χ1) is 18.0. The second-order valence-electron chi connectivity index (χ2n) is 9.88. The van der Waals surface area contributed by atoms with Gasteiger partial charge in [0.2, 0.25) is 5.91 Å². The summed E-state index contributed by atoms with van der Waals surface area (Å²) in [6.45, 7) is 6.24. The maximum atomic E-state index is 13.5. The summed E-state index contributed by atoms with van der Waals surface area (Å²) in [5.74, 6) is -0.141. The fourth-order valence-corrected chi connectivity index (χ4v) is 4.50. The minimum atomic E-state index is -0.356. The lowest BCUT2D eigenvalue weighted by Crippen LogP contribution is -2.37. The van der Waals surface area contributed by atoms with E-state index in [2.05, 4.69) is 21.2 Å². The van der Waals surface area contributed by atoms with Gasteiger partial charge in [-0.15, -0.1) is 0 Å². The van der Waals surface area contributed by atoms with E-state index < -0.39 is 0 Å². The zero-order valence-corrected chi connectivity index (χ0v) is 24.3.